The fourth-order valence-corrected chi connectivity index (χ4v) is 2.22. The second-order valence-electron chi connectivity index (χ2n) is 5.32. The summed E-state index contributed by atoms with van der Waals surface area (Å²) in [5.74, 6) is 0.628. The summed E-state index contributed by atoms with van der Waals surface area (Å²) in [7, 11) is 0. The SMILES string of the molecule is CCCCCCC(C)OCC(=O)c1ccccc1OCC. The van der Waals surface area contributed by atoms with Crippen LogP contribution in [0, 0.1) is 0 Å². The molecule has 3 nitrogen and oxygen atoms in total. The third-order valence-electron chi connectivity index (χ3n) is 3.45. The van der Waals surface area contributed by atoms with E-state index in [2.05, 4.69) is 6.92 Å². The van der Waals surface area contributed by atoms with Crippen molar-refractivity contribution in [3.8, 4) is 5.75 Å². The lowest BCUT2D eigenvalue weighted by Crippen LogP contribution is -2.16. The number of hydrogen-bond acceptors (Lipinski definition) is 3. The van der Waals surface area contributed by atoms with Crippen molar-refractivity contribution in [3.63, 3.8) is 0 Å². The van der Waals surface area contributed by atoms with Gasteiger partial charge in [0.25, 0.3) is 0 Å². The van der Waals surface area contributed by atoms with E-state index in [4.69, 9.17) is 9.47 Å². The van der Waals surface area contributed by atoms with Crippen molar-refractivity contribution in [1.29, 1.82) is 0 Å². The quantitative estimate of drug-likeness (QED) is 0.440. The molecule has 0 aliphatic heterocycles. The van der Waals surface area contributed by atoms with Crippen molar-refractivity contribution >= 4 is 5.78 Å². The molecule has 1 aromatic rings. The van der Waals surface area contributed by atoms with Gasteiger partial charge in [-0.25, -0.2) is 0 Å². The van der Waals surface area contributed by atoms with E-state index in [9.17, 15) is 4.79 Å². The van der Waals surface area contributed by atoms with E-state index < -0.39 is 0 Å². The first-order valence-electron chi connectivity index (χ1n) is 8.05. The molecule has 1 rings (SSSR count). The highest BCUT2D eigenvalue weighted by molar-refractivity contribution is 5.99. The van der Waals surface area contributed by atoms with Gasteiger partial charge in [0.1, 0.15) is 12.4 Å². The van der Waals surface area contributed by atoms with E-state index in [0.717, 1.165) is 6.42 Å². The van der Waals surface area contributed by atoms with Crippen LogP contribution in [0.25, 0.3) is 0 Å². The maximum Gasteiger partial charge on any atom is 0.192 e. The molecular formula is C18H28O3. The van der Waals surface area contributed by atoms with E-state index in [-0.39, 0.29) is 18.5 Å². The van der Waals surface area contributed by atoms with Crippen LogP contribution in [-0.4, -0.2) is 25.1 Å². The highest BCUT2D eigenvalue weighted by Crippen LogP contribution is 2.19. The van der Waals surface area contributed by atoms with Crippen molar-refractivity contribution in [2.45, 2.75) is 59.0 Å². The van der Waals surface area contributed by atoms with Gasteiger partial charge in [-0.3, -0.25) is 4.79 Å². The highest BCUT2D eigenvalue weighted by atomic mass is 16.5. The Morgan fingerprint density at radius 1 is 1.14 bits per heavy atom. The van der Waals surface area contributed by atoms with Gasteiger partial charge in [0.05, 0.1) is 18.3 Å². The maximum absolute atomic E-state index is 12.2. The molecule has 1 atom stereocenters. The van der Waals surface area contributed by atoms with Crippen LogP contribution in [0.5, 0.6) is 5.75 Å². The molecular weight excluding hydrogens is 264 g/mol. The van der Waals surface area contributed by atoms with Crippen LogP contribution in [0.4, 0.5) is 0 Å². The molecule has 0 aliphatic rings. The number of para-hydroxylation sites is 1. The Morgan fingerprint density at radius 3 is 2.62 bits per heavy atom. The van der Waals surface area contributed by atoms with Gasteiger partial charge in [0.15, 0.2) is 5.78 Å². The van der Waals surface area contributed by atoms with Crippen LogP contribution in [0.3, 0.4) is 0 Å². The molecule has 118 valence electrons. The lowest BCUT2D eigenvalue weighted by atomic mass is 10.1. The molecule has 3 heteroatoms. The number of ketones is 1. The molecule has 21 heavy (non-hydrogen) atoms. The normalized spacial score (nSPS) is 12.1. The largest absolute Gasteiger partial charge is 0.493 e. The summed E-state index contributed by atoms with van der Waals surface area (Å²) in [5.41, 5.74) is 0.609. The van der Waals surface area contributed by atoms with Gasteiger partial charge in [0, 0.05) is 0 Å². The van der Waals surface area contributed by atoms with Crippen LogP contribution < -0.4 is 4.74 Å². The number of carbonyl (C=O) groups is 1. The summed E-state index contributed by atoms with van der Waals surface area (Å²) in [6.07, 6.45) is 6.06. The van der Waals surface area contributed by atoms with Crippen LogP contribution >= 0.6 is 0 Å². The Morgan fingerprint density at radius 2 is 1.90 bits per heavy atom. The van der Waals surface area contributed by atoms with Gasteiger partial charge < -0.3 is 9.47 Å². The van der Waals surface area contributed by atoms with Crippen LogP contribution in [0.1, 0.15) is 63.2 Å². The molecule has 1 aromatic carbocycles. The number of ether oxygens (including phenoxy) is 2. The zero-order valence-corrected chi connectivity index (χ0v) is 13.6. The fourth-order valence-electron chi connectivity index (χ4n) is 2.22. The Kier molecular flexibility index (Phi) is 8.76. The van der Waals surface area contributed by atoms with Crippen molar-refractivity contribution < 1.29 is 14.3 Å². The molecule has 0 heterocycles. The second kappa shape index (κ2) is 10.4. The Labute approximate surface area is 128 Å². The third kappa shape index (κ3) is 6.76. The minimum absolute atomic E-state index is 0.0144. The standard InChI is InChI=1S/C18H28O3/c1-4-6-7-8-11-15(3)21-14-17(19)16-12-9-10-13-18(16)20-5-2/h9-10,12-13,15H,4-8,11,14H2,1-3H3. The number of benzene rings is 1. The molecule has 0 N–H and O–H groups in total. The second-order valence-corrected chi connectivity index (χ2v) is 5.32. The van der Waals surface area contributed by atoms with Crippen molar-refractivity contribution in [1.82, 2.24) is 0 Å². The summed E-state index contributed by atoms with van der Waals surface area (Å²) in [4.78, 5) is 12.2. The third-order valence-corrected chi connectivity index (χ3v) is 3.45. The van der Waals surface area contributed by atoms with Crippen LogP contribution in [-0.2, 0) is 4.74 Å². The van der Waals surface area contributed by atoms with Crippen molar-refractivity contribution in [2.24, 2.45) is 0 Å². The van der Waals surface area contributed by atoms with E-state index >= 15 is 0 Å². The molecule has 0 bridgehead atoms. The van der Waals surface area contributed by atoms with Gasteiger partial charge in [-0.15, -0.1) is 0 Å². The molecule has 0 aromatic heterocycles. The average Bonchev–Trinajstić information content (AvgIpc) is 2.50. The molecule has 0 amide bonds. The molecule has 0 aliphatic carbocycles. The van der Waals surface area contributed by atoms with Crippen LogP contribution in [0.2, 0.25) is 0 Å². The van der Waals surface area contributed by atoms with Gasteiger partial charge in [-0.1, -0.05) is 44.7 Å². The van der Waals surface area contributed by atoms with Crippen LogP contribution in [0.15, 0.2) is 24.3 Å². The lowest BCUT2D eigenvalue weighted by Gasteiger charge is -2.13. The molecule has 0 radical (unpaired) electrons. The van der Waals surface area contributed by atoms with E-state index in [0.29, 0.717) is 17.9 Å². The van der Waals surface area contributed by atoms with E-state index in [1.54, 1.807) is 6.07 Å². The number of hydrogen-bond donors (Lipinski definition) is 0. The summed E-state index contributed by atoms with van der Waals surface area (Å²) in [5, 5.41) is 0. The number of rotatable bonds is 11. The van der Waals surface area contributed by atoms with Crippen molar-refractivity contribution in [3.05, 3.63) is 29.8 Å². The summed E-state index contributed by atoms with van der Waals surface area (Å²) in [6, 6.07) is 7.34. The first-order chi connectivity index (χ1) is 10.2. The predicted molar refractivity (Wildman–Crippen MR) is 86.1 cm³/mol. The van der Waals surface area contributed by atoms with Gasteiger partial charge >= 0.3 is 0 Å². The molecule has 1 unspecified atom stereocenters. The maximum atomic E-state index is 12.2. The number of Topliss-reactive ketones (excluding diaryl/α,β-unsaturated/α-hetero) is 1. The first-order valence-corrected chi connectivity index (χ1v) is 8.05. The lowest BCUT2D eigenvalue weighted by molar-refractivity contribution is 0.0480. The zero-order chi connectivity index (χ0) is 15.5. The van der Waals surface area contributed by atoms with Gasteiger partial charge in [-0.05, 0) is 32.4 Å². The monoisotopic (exact) mass is 292 g/mol. The number of carbonyl (C=O) groups excluding carboxylic acids is 1. The molecule has 0 saturated carbocycles. The van der Waals surface area contributed by atoms with Crippen molar-refractivity contribution in [2.75, 3.05) is 13.2 Å². The first kappa shape index (κ1) is 17.7. The minimum atomic E-state index is -0.0144. The topological polar surface area (TPSA) is 35.5 Å². The Balaban J connectivity index is 2.39. The van der Waals surface area contributed by atoms with E-state index in [1.807, 2.05) is 32.0 Å². The zero-order valence-electron chi connectivity index (χ0n) is 13.6. The summed E-state index contributed by atoms with van der Waals surface area (Å²) in [6.45, 7) is 6.83. The molecule has 0 fully saturated rings. The Hall–Kier alpha value is -1.35. The Bertz CT molecular complexity index is 415. The minimum Gasteiger partial charge on any atom is -0.493 e. The highest BCUT2D eigenvalue weighted by Gasteiger charge is 2.13. The summed E-state index contributed by atoms with van der Waals surface area (Å²) < 4.78 is 11.1. The predicted octanol–water partition coefficient (Wildman–Crippen LogP) is 4.64. The fraction of sp³-hybridized carbons (Fsp3) is 0.611. The summed E-state index contributed by atoms with van der Waals surface area (Å²) >= 11 is 0. The number of unbranched alkanes of at least 4 members (excludes halogenated alkanes) is 3. The van der Waals surface area contributed by atoms with E-state index in [1.165, 1.54) is 25.7 Å². The molecule has 0 spiro atoms. The van der Waals surface area contributed by atoms with Gasteiger partial charge in [-0.2, -0.15) is 0 Å². The smallest absolute Gasteiger partial charge is 0.192 e. The average molecular weight is 292 g/mol. The van der Waals surface area contributed by atoms with Gasteiger partial charge in [0.2, 0.25) is 0 Å². The molecule has 0 saturated heterocycles.